The number of aromatic nitrogens is 4. The molecule has 2 aromatic carbocycles. The molecule has 0 aliphatic rings. The Morgan fingerprint density at radius 2 is 1.93 bits per heavy atom. The summed E-state index contributed by atoms with van der Waals surface area (Å²) in [7, 11) is 3.13. The standard InChI is InChI=1S/C20H18N6O3/c1-28-16-6-4-11(7-17(16)29-2)15-10-23-18-19(24-15)26(20(27)25-18)13-5-3-12(9-21)14(22)8-13/h3-10,21H,22H2,1-2H3,(H,23,25,27). The van der Waals surface area contributed by atoms with Gasteiger partial charge in [-0.1, -0.05) is 0 Å². The van der Waals surface area contributed by atoms with Crippen LogP contribution in [0.1, 0.15) is 5.56 Å². The van der Waals surface area contributed by atoms with E-state index in [4.69, 9.17) is 20.6 Å². The Morgan fingerprint density at radius 1 is 1.14 bits per heavy atom. The number of imidazole rings is 1. The van der Waals surface area contributed by atoms with Gasteiger partial charge in [0.25, 0.3) is 0 Å². The predicted octanol–water partition coefficient (Wildman–Crippen LogP) is 2.37. The first kappa shape index (κ1) is 18.2. The van der Waals surface area contributed by atoms with E-state index in [9.17, 15) is 4.79 Å². The number of hydrogen-bond donors (Lipinski definition) is 3. The van der Waals surface area contributed by atoms with Gasteiger partial charge in [0.1, 0.15) is 0 Å². The SMILES string of the molecule is COc1ccc(-c2cnc3[nH]c(=O)n(-c4ccc(C=N)c(N)c4)c3n2)cc1OC. The number of anilines is 1. The highest BCUT2D eigenvalue weighted by Gasteiger charge is 2.15. The van der Waals surface area contributed by atoms with Crippen LogP contribution < -0.4 is 20.9 Å². The Kier molecular flexibility index (Phi) is 4.47. The van der Waals surface area contributed by atoms with Crippen LogP contribution >= 0.6 is 0 Å². The molecule has 4 rings (SSSR count). The summed E-state index contributed by atoms with van der Waals surface area (Å²) in [5.41, 5.74) is 9.13. The van der Waals surface area contributed by atoms with Gasteiger partial charge < -0.3 is 20.6 Å². The van der Waals surface area contributed by atoms with Gasteiger partial charge in [-0.2, -0.15) is 0 Å². The zero-order valence-corrected chi connectivity index (χ0v) is 15.8. The number of H-pyrrole nitrogens is 1. The molecule has 0 radical (unpaired) electrons. The van der Waals surface area contributed by atoms with Gasteiger partial charge in [0.15, 0.2) is 22.8 Å². The molecular weight excluding hydrogens is 372 g/mol. The van der Waals surface area contributed by atoms with Crippen molar-refractivity contribution in [1.29, 1.82) is 5.41 Å². The fourth-order valence-corrected chi connectivity index (χ4v) is 3.08. The smallest absolute Gasteiger partial charge is 0.333 e. The molecule has 0 fully saturated rings. The molecule has 0 atom stereocenters. The number of rotatable bonds is 5. The minimum absolute atomic E-state index is 0.355. The third-order valence-corrected chi connectivity index (χ3v) is 4.56. The number of nitrogen functional groups attached to an aromatic ring is 1. The molecule has 0 saturated carbocycles. The first-order valence-electron chi connectivity index (χ1n) is 8.66. The van der Waals surface area contributed by atoms with Crippen molar-refractivity contribution in [2.75, 3.05) is 20.0 Å². The number of hydrogen-bond acceptors (Lipinski definition) is 7. The fourth-order valence-electron chi connectivity index (χ4n) is 3.08. The lowest BCUT2D eigenvalue weighted by Gasteiger charge is -2.10. The molecule has 4 N–H and O–H groups in total. The minimum Gasteiger partial charge on any atom is -0.493 e. The summed E-state index contributed by atoms with van der Waals surface area (Å²) in [5, 5.41) is 7.37. The minimum atomic E-state index is -0.383. The average molecular weight is 390 g/mol. The van der Waals surface area contributed by atoms with Crippen LogP contribution in [-0.2, 0) is 0 Å². The molecular formula is C20H18N6O3. The number of benzene rings is 2. The Balaban J connectivity index is 1.89. The zero-order chi connectivity index (χ0) is 20.5. The molecule has 0 spiro atoms. The normalized spacial score (nSPS) is 10.8. The van der Waals surface area contributed by atoms with Gasteiger partial charge in [-0.3, -0.25) is 4.98 Å². The van der Waals surface area contributed by atoms with Crippen LogP contribution in [0, 0.1) is 5.41 Å². The van der Waals surface area contributed by atoms with Crippen LogP contribution in [0.5, 0.6) is 11.5 Å². The molecule has 9 heteroatoms. The summed E-state index contributed by atoms with van der Waals surface area (Å²) in [6.07, 6.45) is 2.74. The van der Waals surface area contributed by atoms with E-state index in [1.807, 2.05) is 6.07 Å². The van der Waals surface area contributed by atoms with E-state index in [0.29, 0.717) is 45.4 Å². The van der Waals surface area contributed by atoms with Crippen LogP contribution in [0.25, 0.3) is 28.2 Å². The van der Waals surface area contributed by atoms with Crippen molar-refractivity contribution in [3.63, 3.8) is 0 Å². The van der Waals surface area contributed by atoms with Gasteiger partial charge in [-0.25, -0.2) is 19.3 Å². The van der Waals surface area contributed by atoms with Crippen molar-refractivity contribution in [3.05, 3.63) is 58.6 Å². The maximum absolute atomic E-state index is 12.5. The molecule has 0 saturated heterocycles. The Bertz CT molecular complexity index is 1290. The van der Waals surface area contributed by atoms with E-state index in [2.05, 4.69) is 15.0 Å². The molecule has 9 nitrogen and oxygen atoms in total. The lowest BCUT2D eigenvalue weighted by Crippen LogP contribution is -2.15. The van der Waals surface area contributed by atoms with Gasteiger partial charge in [-0.15, -0.1) is 0 Å². The first-order valence-corrected chi connectivity index (χ1v) is 8.66. The highest BCUT2D eigenvalue weighted by molar-refractivity contribution is 5.86. The second-order valence-electron chi connectivity index (χ2n) is 6.22. The van der Waals surface area contributed by atoms with E-state index in [-0.39, 0.29) is 5.69 Å². The third-order valence-electron chi connectivity index (χ3n) is 4.56. The van der Waals surface area contributed by atoms with Gasteiger partial charge in [0.2, 0.25) is 0 Å². The van der Waals surface area contributed by atoms with Crippen LogP contribution in [-0.4, -0.2) is 40.0 Å². The predicted molar refractivity (Wildman–Crippen MR) is 110 cm³/mol. The molecule has 0 aliphatic heterocycles. The second kappa shape index (κ2) is 7.12. The summed E-state index contributed by atoms with van der Waals surface area (Å²) in [5.74, 6) is 1.17. The number of nitrogens with two attached hydrogens (primary N) is 1. The Morgan fingerprint density at radius 3 is 2.62 bits per heavy atom. The first-order chi connectivity index (χ1) is 14.0. The van der Waals surface area contributed by atoms with E-state index < -0.39 is 0 Å². The lowest BCUT2D eigenvalue weighted by atomic mass is 10.1. The zero-order valence-electron chi connectivity index (χ0n) is 15.8. The van der Waals surface area contributed by atoms with Crippen LogP contribution in [0.4, 0.5) is 5.69 Å². The Labute approximate surface area is 165 Å². The van der Waals surface area contributed by atoms with Crippen molar-refractivity contribution in [2.45, 2.75) is 0 Å². The summed E-state index contributed by atoms with van der Waals surface area (Å²) in [4.78, 5) is 24.2. The van der Waals surface area contributed by atoms with Crippen LogP contribution in [0.3, 0.4) is 0 Å². The van der Waals surface area contributed by atoms with E-state index in [1.54, 1.807) is 50.7 Å². The number of nitrogens with one attached hydrogen (secondary N) is 2. The van der Waals surface area contributed by atoms with Crippen molar-refractivity contribution >= 4 is 23.2 Å². The highest BCUT2D eigenvalue weighted by atomic mass is 16.5. The van der Waals surface area contributed by atoms with E-state index >= 15 is 0 Å². The molecule has 0 unspecified atom stereocenters. The van der Waals surface area contributed by atoms with Crippen molar-refractivity contribution in [1.82, 2.24) is 19.5 Å². The maximum Gasteiger partial charge on any atom is 0.333 e. The summed E-state index contributed by atoms with van der Waals surface area (Å²) < 4.78 is 12.0. The molecule has 146 valence electrons. The maximum atomic E-state index is 12.5. The number of nitrogens with zero attached hydrogens (tertiary/aromatic N) is 3. The van der Waals surface area contributed by atoms with Crippen molar-refractivity contribution < 1.29 is 9.47 Å². The average Bonchev–Trinajstić information content (AvgIpc) is 3.07. The number of methoxy groups -OCH3 is 2. The highest BCUT2D eigenvalue weighted by Crippen LogP contribution is 2.31. The Hall–Kier alpha value is -4.14. The van der Waals surface area contributed by atoms with Crippen molar-refractivity contribution in [3.8, 4) is 28.4 Å². The molecule has 0 aliphatic carbocycles. The van der Waals surface area contributed by atoms with Crippen LogP contribution in [0.15, 0.2) is 47.4 Å². The lowest BCUT2D eigenvalue weighted by molar-refractivity contribution is 0.355. The summed E-state index contributed by atoms with van der Waals surface area (Å²) in [6.45, 7) is 0. The fraction of sp³-hybridized carbons (Fsp3) is 0.100. The van der Waals surface area contributed by atoms with Crippen LogP contribution in [0.2, 0.25) is 0 Å². The second-order valence-corrected chi connectivity index (χ2v) is 6.22. The third kappa shape index (κ3) is 3.08. The van der Waals surface area contributed by atoms with Gasteiger partial charge in [-0.05, 0) is 36.4 Å². The number of fused-ring (bicyclic) bond motifs is 1. The molecule has 0 amide bonds. The van der Waals surface area contributed by atoms with Gasteiger partial charge in [0.05, 0.1) is 31.8 Å². The topological polar surface area (TPSA) is 132 Å². The van der Waals surface area contributed by atoms with E-state index in [1.165, 1.54) is 4.57 Å². The van der Waals surface area contributed by atoms with Crippen molar-refractivity contribution in [2.24, 2.45) is 0 Å². The number of ether oxygens (including phenoxy) is 2. The summed E-state index contributed by atoms with van der Waals surface area (Å²) in [6, 6.07) is 10.4. The quantitative estimate of drug-likeness (QED) is 0.354. The molecule has 0 bridgehead atoms. The van der Waals surface area contributed by atoms with Gasteiger partial charge in [0, 0.05) is 23.0 Å². The number of aromatic amines is 1. The van der Waals surface area contributed by atoms with Gasteiger partial charge >= 0.3 is 5.69 Å². The molecule has 4 aromatic rings. The van der Waals surface area contributed by atoms with E-state index in [0.717, 1.165) is 11.8 Å². The molecule has 2 heterocycles. The summed E-state index contributed by atoms with van der Waals surface area (Å²) >= 11 is 0. The monoisotopic (exact) mass is 390 g/mol. The molecule has 2 aromatic heterocycles. The molecule has 29 heavy (non-hydrogen) atoms. The largest absolute Gasteiger partial charge is 0.493 e.